The van der Waals surface area contributed by atoms with Gasteiger partial charge >= 0.3 is 0 Å². The van der Waals surface area contributed by atoms with Gasteiger partial charge in [-0.1, -0.05) is 18.2 Å². The van der Waals surface area contributed by atoms with Crippen molar-refractivity contribution in [1.82, 2.24) is 23.8 Å². The van der Waals surface area contributed by atoms with E-state index in [0.717, 1.165) is 36.5 Å². The quantitative estimate of drug-likeness (QED) is 0.557. The molecule has 0 unspecified atom stereocenters. The van der Waals surface area contributed by atoms with Crippen LogP contribution in [-0.4, -0.2) is 36.9 Å². The van der Waals surface area contributed by atoms with Gasteiger partial charge in [0.2, 0.25) is 0 Å². The summed E-state index contributed by atoms with van der Waals surface area (Å²) in [5.41, 5.74) is 5.79. The summed E-state index contributed by atoms with van der Waals surface area (Å²) in [5.74, 6) is 1.70. The number of nitrogens with zero attached hydrogens (tertiary/aromatic N) is 5. The van der Waals surface area contributed by atoms with Crippen molar-refractivity contribution in [3.63, 3.8) is 0 Å². The first-order valence-electron chi connectivity index (χ1n) is 9.77. The van der Waals surface area contributed by atoms with Crippen LogP contribution in [0, 0.1) is 6.92 Å². The molecule has 1 aliphatic rings. The van der Waals surface area contributed by atoms with Crippen LogP contribution in [0.4, 0.5) is 0 Å². The van der Waals surface area contributed by atoms with Gasteiger partial charge in [-0.25, -0.2) is 9.97 Å². The number of hydrogen-bond donors (Lipinski definition) is 0. The molecule has 138 valence electrons. The number of likely N-dealkylation sites (tertiary alicyclic amines) is 1. The van der Waals surface area contributed by atoms with Crippen LogP contribution in [0.25, 0.3) is 16.7 Å². The van der Waals surface area contributed by atoms with E-state index in [2.05, 4.69) is 70.4 Å². The van der Waals surface area contributed by atoms with Crippen LogP contribution in [0.5, 0.6) is 0 Å². The van der Waals surface area contributed by atoms with Gasteiger partial charge in [0.1, 0.15) is 11.5 Å². The number of benzene rings is 1. The van der Waals surface area contributed by atoms with Crippen LogP contribution >= 0.6 is 0 Å². The molecule has 4 heterocycles. The van der Waals surface area contributed by atoms with Gasteiger partial charge in [-0.15, -0.1) is 0 Å². The molecular weight excluding hydrogens is 334 g/mol. The molecule has 0 saturated carbocycles. The Hall–Kier alpha value is -2.66. The van der Waals surface area contributed by atoms with Crippen LogP contribution in [0.2, 0.25) is 0 Å². The second-order valence-corrected chi connectivity index (χ2v) is 7.66. The van der Waals surface area contributed by atoms with Gasteiger partial charge in [0.25, 0.3) is 0 Å². The second-order valence-electron chi connectivity index (χ2n) is 7.66. The van der Waals surface area contributed by atoms with E-state index in [1.807, 2.05) is 6.07 Å². The molecule has 0 amide bonds. The third-order valence-electron chi connectivity index (χ3n) is 5.89. The topological polar surface area (TPSA) is 38.4 Å². The Morgan fingerprint density at radius 1 is 1.07 bits per heavy atom. The fraction of sp³-hybridized carbons (Fsp3) is 0.364. The van der Waals surface area contributed by atoms with Crippen molar-refractivity contribution in [3.8, 4) is 0 Å². The molecule has 1 saturated heterocycles. The number of pyridine rings is 1. The molecular formula is C22H25N5. The molecule has 3 aromatic heterocycles. The summed E-state index contributed by atoms with van der Waals surface area (Å²) in [5, 5.41) is 0. The highest BCUT2D eigenvalue weighted by Crippen LogP contribution is 2.29. The molecule has 27 heavy (non-hydrogen) atoms. The highest BCUT2D eigenvalue weighted by atomic mass is 15.2. The van der Waals surface area contributed by atoms with Crippen molar-refractivity contribution in [2.24, 2.45) is 7.05 Å². The van der Waals surface area contributed by atoms with Crippen molar-refractivity contribution in [1.29, 1.82) is 0 Å². The molecule has 4 aromatic rings. The van der Waals surface area contributed by atoms with Gasteiger partial charge < -0.3 is 8.97 Å². The fourth-order valence-corrected chi connectivity index (χ4v) is 4.51. The first-order valence-corrected chi connectivity index (χ1v) is 9.77. The number of rotatable bonds is 3. The lowest BCUT2D eigenvalue weighted by molar-refractivity contribution is 0.192. The lowest BCUT2D eigenvalue weighted by Crippen LogP contribution is -2.35. The Morgan fingerprint density at radius 3 is 2.81 bits per heavy atom. The van der Waals surface area contributed by atoms with Crippen LogP contribution in [0.1, 0.15) is 36.0 Å². The van der Waals surface area contributed by atoms with Gasteiger partial charge in [0, 0.05) is 32.3 Å². The van der Waals surface area contributed by atoms with E-state index < -0.39 is 0 Å². The normalized spacial score (nSPS) is 18.5. The zero-order valence-corrected chi connectivity index (χ0v) is 16.0. The summed E-state index contributed by atoms with van der Waals surface area (Å²) >= 11 is 0. The maximum absolute atomic E-state index is 4.95. The Kier molecular flexibility index (Phi) is 3.97. The van der Waals surface area contributed by atoms with Crippen molar-refractivity contribution >= 4 is 16.7 Å². The molecule has 0 N–H and O–H groups in total. The van der Waals surface area contributed by atoms with Crippen LogP contribution in [-0.2, 0) is 13.6 Å². The molecule has 1 fully saturated rings. The third kappa shape index (κ3) is 2.82. The first kappa shape index (κ1) is 16.5. The van der Waals surface area contributed by atoms with E-state index >= 15 is 0 Å². The van der Waals surface area contributed by atoms with Crippen LogP contribution in [0.15, 0.2) is 48.7 Å². The van der Waals surface area contributed by atoms with E-state index in [4.69, 9.17) is 9.97 Å². The van der Waals surface area contributed by atoms with E-state index in [0.29, 0.717) is 5.92 Å². The average Bonchev–Trinajstić information content (AvgIpc) is 3.20. The first-order chi connectivity index (χ1) is 13.2. The summed E-state index contributed by atoms with van der Waals surface area (Å²) in [4.78, 5) is 12.2. The minimum absolute atomic E-state index is 0.482. The number of hydrogen-bond acceptors (Lipinski definition) is 3. The lowest BCUT2D eigenvalue weighted by atomic mass is 9.97. The second kappa shape index (κ2) is 6.50. The van der Waals surface area contributed by atoms with Gasteiger partial charge in [-0.05, 0) is 50.6 Å². The Morgan fingerprint density at radius 2 is 1.93 bits per heavy atom. The van der Waals surface area contributed by atoms with Gasteiger partial charge in [0.15, 0.2) is 0 Å². The highest BCUT2D eigenvalue weighted by Gasteiger charge is 2.26. The van der Waals surface area contributed by atoms with E-state index in [9.17, 15) is 0 Å². The highest BCUT2D eigenvalue weighted by molar-refractivity contribution is 5.75. The van der Waals surface area contributed by atoms with E-state index in [-0.39, 0.29) is 0 Å². The Labute approximate surface area is 159 Å². The van der Waals surface area contributed by atoms with Crippen molar-refractivity contribution in [3.05, 3.63) is 65.9 Å². The maximum atomic E-state index is 4.95. The van der Waals surface area contributed by atoms with Crippen LogP contribution < -0.4 is 0 Å². The molecule has 0 spiro atoms. The SMILES string of the molecule is Cc1nc2ccccn2c1CN1CCC[C@H](c2nc3ccccc3n2C)C1. The summed E-state index contributed by atoms with van der Waals surface area (Å²) < 4.78 is 4.51. The van der Waals surface area contributed by atoms with Crippen molar-refractivity contribution in [2.75, 3.05) is 13.1 Å². The average molecular weight is 359 g/mol. The number of imidazole rings is 2. The monoisotopic (exact) mass is 359 g/mol. The molecule has 0 bridgehead atoms. The molecule has 5 heteroatoms. The predicted molar refractivity (Wildman–Crippen MR) is 108 cm³/mol. The number of piperidine rings is 1. The molecule has 5 rings (SSSR count). The van der Waals surface area contributed by atoms with Gasteiger partial charge in [-0.3, -0.25) is 4.90 Å². The fourth-order valence-electron chi connectivity index (χ4n) is 4.51. The van der Waals surface area contributed by atoms with Gasteiger partial charge in [0.05, 0.1) is 22.4 Å². The number of aromatic nitrogens is 4. The lowest BCUT2D eigenvalue weighted by Gasteiger charge is -2.32. The molecule has 5 nitrogen and oxygen atoms in total. The summed E-state index contributed by atoms with van der Waals surface area (Å²) in [6.07, 6.45) is 4.54. The Balaban J connectivity index is 1.42. The predicted octanol–water partition coefficient (Wildman–Crippen LogP) is 3.91. The molecule has 1 atom stereocenters. The largest absolute Gasteiger partial charge is 0.331 e. The van der Waals surface area contributed by atoms with Crippen molar-refractivity contribution in [2.45, 2.75) is 32.2 Å². The Bertz CT molecular complexity index is 1110. The number of para-hydroxylation sites is 2. The zero-order chi connectivity index (χ0) is 18.4. The molecule has 1 aliphatic heterocycles. The maximum Gasteiger partial charge on any atom is 0.137 e. The van der Waals surface area contributed by atoms with Gasteiger partial charge in [-0.2, -0.15) is 0 Å². The molecule has 1 aromatic carbocycles. The molecule has 0 radical (unpaired) electrons. The van der Waals surface area contributed by atoms with E-state index in [1.54, 1.807) is 0 Å². The summed E-state index contributed by atoms with van der Waals surface area (Å²) in [6, 6.07) is 14.6. The number of aryl methyl sites for hydroxylation is 2. The summed E-state index contributed by atoms with van der Waals surface area (Å²) in [6.45, 7) is 5.25. The third-order valence-corrected chi connectivity index (χ3v) is 5.89. The zero-order valence-electron chi connectivity index (χ0n) is 16.0. The van der Waals surface area contributed by atoms with Crippen LogP contribution in [0.3, 0.4) is 0 Å². The number of fused-ring (bicyclic) bond motifs is 2. The standard InChI is InChI=1S/C22H25N5/c1-16-20(27-13-6-5-11-21(27)23-16)15-26-12-7-8-17(14-26)22-24-18-9-3-4-10-19(18)25(22)2/h3-6,9-11,13,17H,7-8,12,14-15H2,1-2H3/t17-/m0/s1. The smallest absolute Gasteiger partial charge is 0.137 e. The molecule has 0 aliphatic carbocycles. The van der Waals surface area contributed by atoms with Crippen molar-refractivity contribution < 1.29 is 0 Å². The minimum Gasteiger partial charge on any atom is -0.331 e. The van der Waals surface area contributed by atoms with E-state index in [1.165, 1.54) is 29.9 Å². The summed E-state index contributed by atoms with van der Waals surface area (Å²) in [7, 11) is 2.15. The minimum atomic E-state index is 0.482.